The zero-order valence-electron chi connectivity index (χ0n) is 7.62. The Hall–Kier alpha value is -1.14. The highest BCUT2D eigenvalue weighted by Crippen LogP contribution is 2.32. The van der Waals surface area contributed by atoms with Gasteiger partial charge in [0.15, 0.2) is 5.82 Å². The van der Waals surface area contributed by atoms with E-state index in [1.165, 1.54) is 6.07 Å². The predicted octanol–water partition coefficient (Wildman–Crippen LogP) is 3.94. The normalized spacial score (nSPS) is 11.1. The Morgan fingerprint density at radius 1 is 1.31 bits per heavy atom. The maximum atomic E-state index is 13.5. The number of hydrogen-bond donors (Lipinski definition) is 0. The molecule has 0 N–H and O–H groups in total. The number of hydrogen-bond acceptors (Lipinski definition) is 3. The van der Waals surface area contributed by atoms with Crippen LogP contribution in [0.4, 0.5) is 13.2 Å². The van der Waals surface area contributed by atoms with Gasteiger partial charge in [0.2, 0.25) is 4.47 Å². The van der Waals surface area contributed by atoms with Crippen molar-refractivity contribution in [1.82, 2.24) is 9.36 Å². The number of halogens is 4. The molecule has 1 aromatic heterocycles. The molecule has 0 radical (unpaired) electrons. The molecule has 84 valence electrons. The first kappa shape index (κ1) is 11.3. The lowest BCUT2D eigenvalue weighted by molar-refractivity contribution is 0.151. The molecule has 16 heavy (non-hydrogen) atoms. The molecular formula is C9H4ClF3N2S. The van der Waals surface area contributed by atoms with E-state index in [4.69, 9.17) is 11.6 Å². The van der Waals surface area contributed by atoms with Crippen molar-refractivity contribution in [1.29, 1.82) is 0 Å². The first-order valence-corrected chi connectivity index (χ1v) is 5.31. The molecule has 0 aliphatic heterocycles. The SMILES string of the molecule is Fc1cccc(C(F)F)c1-c1nsc(Cl)n1. The average molecular weight is 265 g/mol. The Kier molecular flexibility index (Phi) is 3.11. The molecule has 1 aromatic carbocycles. The summed E-state index contributed by atoms with van der Waals surface area (Å²) in [5, 5.41) is 0. The largest absolute Gasteiger partial charge is 0.264 e. The second-order valence-corrected chi connectivity index (χ2v) is 4.21. The summed E-state index contributed by atoms with van der Waals surface area (Å²) < 4.78 is 42.5. The molecule has 2 aromatic rings. The van der Waals surface area contributed by atoms with Gasteiger partial charge in [0.25, 0.3) is 6.43 Å². The number of rotatable bonds is 2. The summed E-state index contributed by atoms with van der Waals surface area (Å²) in [6, 6.07) is 3.43. The van der Waals surface area contributed by atoms with E-state index < -0.39 is 17.8 Å². The number of benzene rings is 1. The van der Waals surface area contributed by atoms with E-state index in [2.05, 4.69) is 9.36 Å². The maximum Gasteiger partial charge on any atom is 0.264 e. The summed E-state index contributed by atoms with van der Waals surface area (Å²) in [7, 11) is 0. The van der Waals surface area contributed by atoms with Gasteiger partial charge in [0, 0.05) is 5.56 Å². The highest BCUT2D eigenvalue weighted by Gasteiger charge is 2.20. The molecule has 0 unspecified atom stereocenters. The van der Waals surface area contributed by atoms with E-state index >= 15 is 0 Å². The fraction of sp³-hybridized carbons (Fsp3) is 0.111. The minimum absolute atomic E-state index is 0.0819. The van der Waals surface area contributed by atoms with Crippen molar-refractivity contribution < 1.29 is 13.2 Å². The summed E-state index contributed by atoms with van der Waals surface area (Å²) in [6.45, 7) is 0. The van der Waals surface area contributed by atoms with Crippen LogP contribution < -0.4 is 0 Å². The second kappa shape index (κ2) is 4.39. The van der Waals surface area contributed by atoms with Crippen molar-refractivity contribution in [2.45, 2.75) is 6.43 Å². The molecule has 0 aliphatic rings. The van der Waals surface area contributed by atoms with Gasteiger partial charge in [0.05, 0.1) is 5.56 Å². The van der Waals surface area contributed by atoms with E-state index in [1.54, 1.807) is 0 Å². The van der Waals surface area contributed by atoms with Gasteiger partial charge in [-0.2, -0.15) is 4.37 Å². The van der Waals surface area contributed by atoms with Crippen LogP contribution >= 0.6 is 23.1 Å². The van der Waals surface area contributed by atoms with Crippen molar-refractivity contribution in [2.75, 3.05) is 0 Å². The van der Waals surface area contributed by atoms with Crippen LogP contribution in [0.3, 0.4) is 0 Å². The highest BCUT2D eigenvalue weighted by molar-refractivity contribution is 7.10. The van der Waals surface area contributed by atoms with Crippen LogP contribution in [0.5, 0.6) is 0 Å². The number of aromatic nitrogens is 2. The number of alkyl halides is 2. The molecule has 0 spiro atoms. The fourth-order valence-electron chi connectivity index (χ4n) is 1.27. The molecule has 0 fully saturated rings. The van der Waals surface area contributed by atoms with Crippen molar-refractivity contribution >= 4 is 23.1 Å². The predicted molar refractivity (Wildman–Crippen MR) is 55.3 cm³/mol. The lowest BCUT2D eigenvalue weighted by Crippen LogP contribution is -1.95. The third kappa shape index (κ3) is 2.03. The Morgan fingerprint density at radius 2 is 2.06 bits per heavy atom. The Morgan fingerprint density at radius 3 is 2.62 bits per heavy atom. The molecular weight excluding hydrogens is 261 g/mol. The van der Waals surface area contributed by atoms with Crippen LogP contribution in [-0.2, 0) is 0 Å². The topological polar surface area (TPSA) is 25.8 Å². The smallest absolute Gasteiger partial charge is 0.206 e. The van der Waals surface area contributed by atoms with E-state index in [1.807, 2.05) is 0 Å². The Bertz CT molecular complexity index is 515. The molecule has 1 heterocycles. The third-order valence-electron chi connectivity index (χ3n) is 1.91. The van der Waals surface area contributed by atoms with Gasteiger partial charge in [-0.05, 0) is 29.2 Å². The van der Waals surface area contributed by atoms with Gasteiger partial charge < -0.3 is 0 Å². The lowest BCUT2D eigenvalue weighted by Gasteiger charge is -2.06. The highest BCUT2D eigenvalue weighted by atomic mass is 35.5. The molecule has 7 heteroatoms. The molecule has 0 saturated heterocycles. The van der Waals surface area contributed by atoms with Crippen molar-refractivity contribution in [3.05, 3.63) is 34.0 Å². The lowest BCUT2D eigenvalue weighted by atomic mass is 10.1. The molecule has 2 nitrogen and oxygen atoms in total. The molecule has 0 aliphatic carbocycles. The first-order valence-electron chi connectivity index (χ1n) is 4.15. The van der Waals surface area contributed by atoms with Crippen LogP contribution in [0.2, 0.25) is 4.47 Å². The van der Waals surface area contributed by atoms with E-state index in [0.717, 1.165) is 23.7 Å². The van der Waals surface area contributed by atoms with Crippen LogP contribution in [0, 0.1) is 5.82 Å². The zero-order chi connectivity index (χ0) is 11.7. The number of nitrogens with zero attached hydrogens (tertiary/aromatic N) is 2. The van der Waals surface area contributed by atoms with Crippen LogP contribution in [-0.4, -0.2) is 9.36 Å². The van der Waals surface area contributed by atoms with Gasteiger partial charge in [-0.25, -0.2) is 18.2 Å². The van der Waals surface area contributed by atoms with Crippen molar-refractivity contribution in [3.8, 4) is 11.4 Å². The summed E-state index contributed by atoms with van der Waals surface area (Å²) in [6.07, 6.45) is -2.78. The van der Waals surface area contributed by atoms with Gasteiger partial charge in [0.1, 0.15) is 5.82 Å². The Labute approximate surface area is 97.9 Å². The first-order chi connectivity index (χ1) is 7.59. The van der Waals surface area contributed by atoms with Gasteiger partial charge in [-0.3, -0.25) is 0 Å². The second-order valence-electron chi connectivity index (χ2n) is 2.88. The van der Waals surface area contributed by atoms with E-state index in [-0.39, 0.29) is 15.9 Å². The van der Waals surface area contributed by atoms with Gasteiger partial charge in [-0.15, -0.1) is 0 Å². The summed E-state index contributed by atoms with van der Waals surface area (Å²) in [4.78, 5) is 3.68. The van der Waals surface area contributed by atoms with Crippen LogP contribution in [0.15, 0.2) is 18.2 Å². The standard InChI is InChI=1S/C9H4ClF3N2S/c10-9-14-8(15-16-9)6-4(7(12)13)2-1-3-5(6)11/h1-3,7H. The van der Waals surface area contributed by atoms with Crippen LogP contribution in [0.1, 0.15) is 12.0 Å². The Balaban J connectivity index is 2.62. The molecule has 0 saturated carbocycles. The zero-order valence-corrected chi connectivity index (χ0v) is 9.20. The third-order valence-corrected chi connectivity index (χ3v) is 2.70. The van der Waals surface area contributed by atoms with Gasteiger partial charge >= 0.3 is 0 Å². The van der Waals surface area contributed by atoms with Crippen molar-refractivity contribution in [2.24, 2.45) is 0 Å². The molecule has 0 bridgehead atoms. The fourth-order valence-corrected chi connectivity index (χ4v) is 1.87. The van der Waals surface area contributed by atoms with Gasteiger partial charge in [-0.1, -0.05) is 12.1 Å². The summed E-state index contributed by atoms with van der Waals surface area (Å²) in [5.74, 6) is -0.893. The van der Waals surface area contributed by atoms with Crippen molar-refractivity contribution in [3.63, 3.8) is 0 Å². The molecule has 0 amide bonds. The van der Waals surface area contributed by atoms with E-state index in [0.29, 0.717) is 0 Å². The maximum absolute atomic E-state index is 13.5. The minimum atomic E-state index is -2.78. The van der Waals surface area contributed by atoms with Crippen LogP contribution in [0.25, 0.3) is 11.4 Å². The quantitative estimate of drug-likeness (QED) is 0.821. The summed E-state index contributed by atoms with van der Waals surface area (Å²) >= 11 is 6.35. The summed E-state index contributed by atoms with van der Waals surface area (Å²) in [5.41, 5.74) is -0.727. The van der Waals surface area contributed by atoms with E-state index in [9.17, 15) is 13.2 Å². The molecule has 0 atom stereocenters. The minimum Gasteiger partial charge on any atom is -0.206 e. The molecule has 2 rings (SSSR count). The average Bonchev–Trinajstić information content (AvgIpc) is 2.64. The monoisotopic (exact) mass is 264 g/mol.